The second kappa shape index (κ2) is 9.11. The lowest BCUT2D eigenvalue weighted by atomic mass is 9.96. The molecule has 9 heteroatoms. The number of sulfonamides is 1. The number of pyridine rings is 1. The van der Waals surface area contributed by atoms with Crippen LogP contribution in [0.5, 0.6) is 0 Å². The monoisotopic (exact) mass is 481 g/mol. The Kier molecular flexibility index (Phi) is 6.16. The van der Waals surface area contributed by atoms with E-state index in [1.807, 2.05) is 47.5 Å². The number of amides is 1. The number of carbonyl (C=O) groups excluding carboxylic acids is 1. The molecular weight excluding hydrogens is 450 g/mol. The molecule has 8 nitrogen and oxygen atoms in total. The van der Waals surface area contributed by atoms with Gasteiger partial charge in [0.05, 0.1) is 4.90 Å². The quantitative estimate of drug-likeness (QED) is 0.568. The van der Waals surface area contributed by atoms with Crippen LogP contribution >= 0.6 is 0 Å². The number of likely N-dealkylation sites (tertiary alicyclic amines) is 1. The van der Waals surface area contributed by atoms with Crippen LogP contribution in [-0.4, -0.2) is 63.8 Å². The molecule has 2 atom stereocenters. The highest BCUT2D eigenvalue weighted by atomic mass is 32.2. The molecule has 2 aliphatic heterocycles. The number of benzene rings is 1. The smallest absolute Gasteiger partial charge is 0.254 e. The third-order valence-corrected chi connectivity index (χ3v) is 9.21. The molecule has 1 aromatic carbocycles. The predicted octanol–water partition coefficient (Wildman–Crippen LogP) is 3.62. The SMILES string of the molecule is Cc1ccc(S(=O)(=O)N2CCCCC2C)cc1C(=O)N1CCCC(c2nnc3ccccn23)C1. The molecule has 0 spiro atoms. The molecule has 0 bridgehead atoms. The van der Waals surface area contributed by atoms with Crippen molar-refractivity contribution in [2.45, 2.75) is 62.8 Å². The second-order valence-corrected chi connectivity index (χ2v) is 11.4. The van der Waals surface area contributed by atoms with Gasteiger partial charge in [-0.2, -0.15) is 4.31 Å². The Balaban J connectivity index is 1.41. The van der Waals surface area contributed by atoms with Crippen LogP contribution in [0.3, 0.4) is 0 Å². The topological polar surface area (TPSA) is 87.9 Å². The van der Waals surface area contributed by atoms with Gasteiger partial charge in [-0.25, -0.2) is 8.42 Å². The van der Waals surface area contributed by atoms with Crippen LogP contribution in [0.1, 0.15) is 66.7 Å². The molecule has 2 saturated heterocycles. The van der Waals surface area contributed by atoms with Crippen molar-refractivity contribution >= 4 is 21.6 Å². The van der Waals surface area contributed by atoms with Crippen LogP contribution < -0.4 is 0 Å². The third-order valence-electron chi connectivity index (χ3n) is 7.20. The zero-order chi connectivity index (χ0) is 23.9. The summed E-state index contributed by atoms with van der Waals surface area (Å²) < 4.78 is 30.3. The summed E-state index contributed by atoms with van der Waals surface area (Å²) in [7, 11) is -3.64. The lowest BCUT2D eigenvalue weighted by Gasteiger charge is -2.33. The van der Waals surface area contributed by atoms with Gasteiger partial charge in [-0.05, 0) is 69.4 Å². The molecule has 2 fully saturated rings. The second-order valence-electron chi connectivity index (χ2n) is 9.51. The van der Waals surface area contributed by atoms with Crippen LogP contribution in [0.2, 0.25) is 0 Å². The highest BCUT2D eigenvalue weighted by Crippen LogP contribution is 2.30. The standard InChI is InChI=1S/C25H31N5O3S/c1-18-11-12-21(34(32,33)30-15-6-3-8-19(30)2)16-22(18)25(31)28-13-7-9-20(17-28)24-27-26-23-10-4-5-14-29(23)24/h4-5,10-12,14,16,19-20H,3,6-9,13,15,17H2,1-2H3. The van der Waals surface area contributed by atoms with E-state index in [4.69, 9.17) is 0 Å². The minimum absolute atomic E-state index is 0.0277. The van der Waals surface area contributed by atoms with Gasteiger partial charge in [0, 0.05) is 43.4 Å². The molecule has 0 saturated carbocycles. The lowest BCUT2D eigenvalue weighted by Crippen LogP contribution is -2.42. The Morgan fingerprint density at radius 2 is 1.88 bits per heavy atom. The number of hydrogen-bond acceptors (Lipinski definition) is 5. The van der Waals surface area contributed by atoms with Crippen LogP contribution in [0.25, 0.3) is 5.65 Å². The fourth-order valence-electron chi connectivity index (χ4n) is 5.24. The molecule has 3 aromatic rings. The molecular formula is C25H31N5O3S. The Labute approximate surface area is 200 Å². The summed E-state index contributed by atoms with van der Waals surface area (Å²) in [5, 5.41) is 8.66. The van der Waals surface area contributed by atoms with Gasteiger partial charge in [-0.3, -0.25) is 9.20 Å². The number of aromatic nitrogens is 3. The number of nitrogens with zero attached hydrogens (tertiary/aromatic N) is 5. The third kappa shape index (κ3) is 4.11. The van der Waals surface area contributed by atoms with Crippen LogP contribution in [0, 0.1) is 6.92 Å². The van der Waals surface area contributed by atoms with Crippen molar-refractivity contribution in [3.05, 3.63) is 59.5 Å². The molecule has 2 aliphatic rings. The normalized spacial score (nSPS) is 22.2. The molecule has 0 N–H and O–H groups in total. The van der Waals surface area contributed by atoms with E-state index in [1.165, 1.54) is 0 Å². The number of rotatable bonds is 4. The first kappa shape index (κ1) is 23.0. The maximum Gasteiger partial charge on any atom is 0.254 e. The largest absolute Gasteiger partial charge is 0.338 e. The van der Waals surface area contributed by atoms with Gasteiger partial charge in [0.15, 0.2) is 5.65 Å². The van der Waals surface area contributed by atoms with Gasteiger partial charge in [0.25, 0.3) is 5.91 Å². The van der Waals surface area contributed by atoms with Crippen molar-refractivity contribution in [2.75, 3.05) is 19.6 Å². The Morgan fingerprint density at radius 1 is 1.03 bits per heavy atom. The minimum atomic E-state index is -3.64. The number of carbonyl (C=O) groups is 1. The Bertz CT molecular complexity index is 1320. The number of fused-ring (bicyclic) bond motifs is 1. The van der Waals surface area contributed by atoms with E-state index in [2.05, 4.69) is 10.2 Å². The molecule has 34 heavy (non-hydrogen) atoms. The van der Waals surface area contributed by atoms with E-state index in [0.717, 1.165) is 49.1 Å². The summed E-state index contributed by atoms with van der Waals surface area (Å²) in [6.07, 6.45) is 6.52. The molecule has 0 aliphatic carbocycles. The number of piperidine rings is 2. The first-order valence-electron chi connectivity index (χ1n) is 12.1. The fourth-order valence-corrected chi connectivity index (χ4v) is 6.96. The maximum atomic E-state index is 13.6. The van der Waals surface area contributed by atoms with Gasteiger partial charge < -0.3 is 4.90 Å². The van der Waals surface area contributed by atoms with E-state index in [1.54, 1.807) is 22.5 Å². The van der Waals surface area contributed by atoms with Crippen molar-refractivity contribution < 1.29 is 13.2 Å². The van der Waals surface area contributed by atoms with Gasteiger partial charge in [-0.15, -0.1) is 10.2 Å². The highest BCUT2D eigenvalue weighted by molar-refractivity contribution is 7.89. The zero-order valence-corrected chi connectivity index (χ0v) is 20.5. The maximum absolute atomic E-state index is 13.6. The van der Waals surface area contributed by atoms with E-state index in [-0.39, 0.29) is 22.8 Å². The molecule has 2 unspecified atom stereocenters. The number of hydrogen-bond donors (Lipinski definition) is 0. The summed E-state index contributed by atoms with van der Waals surface area (Å²) in [6.45, 7) is 5.53. The van der Waals surface area contributed by atoms with Gasteiger partial charge >= 0.3 is 0 Å². The van der Waals surface area contributed by atoms with Crippen molar-refractivity contribution in [1.82, 2.24) is 23.8 Å². The lowest BCUT2D eigenvalue weighted by molar-refractivity contribution is 0.0703. The molecule has 180 valence electrons. The number of aryl methyl sites for hydroxylation is 1. The van der Waals surface area contributed by atoms with Crippen molar-refractivity contribution in [3.63, 3.8) is 0 Å². The molecule has 2 aromatic heterocycles. The summed E-state index contributed by atoms with van der Waals surface area (Å²) in [5.74, 6) is 0.816. The van der Waals surface area contributed by atoms with Crippen molar-refractivity contribution in [2.24, 2.45) is 0 Å². The van der Waals surface area contributed by atoms with Gasteiger partial charge in [0.1, 0.15) is 5.82 Å². The average molecular weight is 482 g/mol. The van der Waals surface area contributed by atoms with E-state index >= 15 is 0 Å². The van der Waals surface area contributed by atoms with E-state index in [9.17, 15) is 13.2 Å². The predicted molar refractivity (Wildman–Crippen MR) is 129 cm³/mol. The van der Waals surface area contributed by atoms with Crippen LogP contribution in [0.15, 0.2) is 47.5 Å². The van der Waals surface area contributed by atoms with Crippen molar-refractivity contribution in [3.8, 4) is 0 Å². The molecule has 4 heterocycles. The average Bonchev–Trinajstić information content (AvgIpc) is 3.28. The summed E-state index contributed by atoms with van der Waals surface area (Å²) >= 11 is 0. The zero-order valence-electron chi connectivity index (χ0n) is 19.7. The van der Waals surface area contributed by atoms with Gasteiger partial charge in [0.2, 0.25) is 10.0 Å². The Hall–Kier alpha value is -2.78. The highest BCUT2D eigenvalue weighted by Gasteiger charge is 2.33. The Morgan fingerprint density at radius 3 is 2.71 bits per heavy atom. The molecule has 1 amide bonds. The summed E-state index contributed by atoms with van der Waals surface area (Å²) in [6, 6.07) is 10.7. The van der Waals surface area contributed by atoms with Crippen LogP contribution in [-0.2, 0) is 10.0 Å². The van der Waals surface area contributed by atoms with Crippen LogP contribution in [0.4, 0.5) is 0 Å². The minimum Gasteiger partial charge on any atom is -0.338 e. The fraction of sp³-hybridized carbons (Fsp3) is 0.480. The van der Waals surface area contributed by atoms with Gasteiger partial charge in [-0.1, -0.05) is 18.6 Å². The summed E-state index contributed by atoms with van der Waals surface area (Å²) in [5.41, 5.74) is 2.03. The molecule has 5 rings (SSSR count). The van der Waals surface area contributed by atoms with E-state index in [0.29, 0.717) is 25.2 Å². The first-order chi connectivity index (χ1) is 16.4. The van der Waals surface area contributed by atoms with E-state index < -0.39 is 10.0 Å². The first-order valence-corrected chi connectivity index (χ1v) is 13.5. The summed E-state index contributed by atoms with van der Waals surface area (Å²) in [4.78, 5) is 15.6. The molecule has 0 radical (unpaired) electrons. The van der Waals surface area contributed by atoms with Crippen molar-refractivity contribution in [1.29, 1.82) is 0 Å².